The van der Waals surface area contributed by atoms with E-state index in [1.807, 2.05) is 55.5 Å². The van der Waals surface area contributed by atoms with Crippen LogP contribution in [0.2, 0.25) is 0 Å². The summed E-state index contributed by atoms with van der Waals surface area (Å²) in [5.74, 6) is 0.263. The van der Waals surface area contributed by atoms with Gasteiger partial charge in [0.05, 0.1) is 13.0 Å². The number of fused-ring (bicyclic) bond motifs is 1. The molecule has 5 nitrogen and oxygen atoms in total. The number of ether oxygens (including phenoxy) is 1. The second kappa shape index (κ2) is 7.60. The molecule has 0 aromatic heterocycles. The van der Waals surface area contributed by atoms with E-state index >= 15 is 0 Å². The van der Waals surface area contributed by atoms with Gasteiger partial charge in [-0.2, -0.15) is 0 Å². The second-order valence-corrected chi connectivity index (χ2v) is 6.70. The molecule has 26 heavy (non-hydrogen) atoms. The van der Waals surface area contributed by atoms with Crippen LogP contribution in [0, 0.1) is 0 Å². The maximum absolute atomic E-state index is 12.5. The molecule has 1 N–H and O–H groups in total. The normalized spacial score (nSPS) is 17.0. The van der Waals surface area contributed by atoms with Crippen LogP contribution in [0.3, 0.4) is 0 Å². The molecule has 0 spiro atoms. The maximum atomic E-state index is 12.5. The third-order valence-corrected chi connectivity index (χ3v) is 4.82. The molecule has 1 heterocycles. The van der Waals surface area contributed by atoms with E-state index in [-0.39, 0.29) is 24.3 Å². The highest BCUT2D eigenvalue weighted by atomic mass is 16.5. The number of nitrogens with one attached hydrogen (secondary N) is 1. The molecule has 2 unspecified atom stereocenters. The Labute approximate surface area is 154 Å². The van der Waals surface area contributed by atoms with Crippen LogP contribution in [0.25, 0.3) is 0 Å². The highest BCUT2D eigenvalue weighted by Crippen LogP contribution is 2.37. The summed E-state index contributed by atoms with van der Waals surface area (Å²) in [6.07, 6.45) is 0.835. The lowest BCUT2D eigenvalue weighted by Gasteiger charge is -2.17. The van der Waals surface area contributed by atoms with Crippen molar-refractivity contribution in [3.05, 3.63) is 59.7 Å². The Morgan fingerprint density at radius 3 is 2.65 bits per heavy atom. The first-order valence-electron chi connectivity index (χ1n) is 8.79. The number of anilines is 1. The molecule has 2 aromatic carbocycles. The number of hydrogen-bond acceptors (Lipinski definition) is 3. The Morgan fingerprint density at radius 1 is 1.19 bits per heavy atom. The first-order chi connectivity index (χ1) is 12.5. The predicted octanol–water partition coefficient (Wildman–Crippen LogP) is 2.89. The molecule has 5 heteroatoms. The molecule has 0 fully saturated rings. The van der Waals surface area contributed by atoms with Gasteiger partial charge in [-0.25, -0.2) is 0 Å². The Kier molecular flexibility index (Phi) is 5.26. The van der Waals surface area contributed by atoms with Gasteiger partial charge in [-0.3, -0.25) is 9.59 Å². The molecule has 1 aliphatic heterocycles. The fourth-order valence-electron chi connectivity index (χ4n) is 3.54. The van der Waals surface area contributed by atoms with Crippen molar-refractivity contribution in [1.82, 2.24) is 5.32 Å². The van der Waals surface area contributed by atoms with Gasteiger partial charge in [-0.15, -0.1) is 0 Å². The fourth-order valence-corrected chi connectivity index (χ4v) is 3.54. The number of amides is 2. The summed E-state index contributed by atoms with van der Waals surface area (Å²) >= 11 is 0. The van der Waals surface area contributed by atoms with Gasteiger partial charge in [0, 0.05) is 25.2 Å². The third kappa shape index (κ3) is 3.57. The van der Waals surface area contributed by atoms with Crippen LogP contribution >= 0.6 is 0 Å². The van der Waals surface area contributed by atoms with Crippen molar-refractivity contribution in [3.8, 4) is 5.75 Å². The third-order valence-electron chi connectivity index (χ3n) is 4.82. The first kappa shape index (κ1) is 18.0. The second-order valence-electron chi connectivity index (χ2n) is 6.70. The zero-order chi connectivity index (χ0) is 18.7. The number of methoxy groups -OCH3 is 1. The standard InChI is InChI=1S/C21H24N2O3/c1-14(12-15-8-4-7-11-19(15)26-3)22-20(24)13-17-16-9-5-6-10-18(16)23(2)21(17)25/h4-11,14,17H,12-13H2,1-3H3,(H,22,24). The van der Waals surface area contributed by atoms with E-state index in [0.29, 0.717) is 6.42 Å². The number of carbonyl (C=O) groups excluding carboxylic acids is 2. The van der Waals surface area contributed by atoms with Crippen LogP contribution in [0.15, 0.2) is 48.5 Å². The van der Waals surface area contributed by atoms with E-state index in [2.05, 4.69) is 5.32 Å². The lowest BCUT2D eigenvalue weighted by atomic mass is 9.96. The highest BCUT2D eigenvalue weighted by molar-refractivity contribution is 6.06. The molecular formula is C21H24N2O3. The molecule has 3 rings (SSSR count). The number of nitrogens with zero attached hydrogens (tertiary/aromatic N) is 1. The largest absolute Gasteiger partial charge is 0.496 e. The Bertz CT molecular complexity index is 818. The van der Waals surface area contributed by atoms with Crippen molar-refractivity contribution in [2.45, 2.75) is 31.7 Å². The average Bonchev–Trinajstić information content (AvgIpc) is 2.87. The van der Waals surface area contributed by atoms with E-state index < -0.39 is 5.92 Å². The molecule has 0 bridgehead atoms. The number of para-hydroxylation sites is 2. The molecule has 0 saturated carbocycles. The van der Waals surface area contributed by atoms with Crippen LogP contribution in [-0.4, -0.2) is 32.0 Å². The van der Waals surface area contributed by atoms with Crippen molar-refractivity contribution in [2.75, 3.05) is 19.1 Å². The Balaban J connectivity index is 1.63. The molecule has 0 radical (unpaired) electrons. The van der Waals surface area contributed by atoms with Crippen LogP contribution < -0.4 is 15.0 Å². The van der Waals surface area contributed by atoms with E-state index in [9.17, 15) is 9.59 Å². The SMILES string of the molecule is COc1ccccc1CC(C)NC(=O)CC1C(=O)N(C)c2ccccc21. The van der Waals surface area contributed by atoms with Gasteiger partial charge in [0.15, 0.2) is 0 Å². The average molecular weight is 352 g/mol. The minimum atomic E-state index is -0.408. The summed E-state index contributed by atoms with van der Waals surface area (Å²) in [4.78, 5) is 26.6. The van der Waals surface area contributed by atoms with Gasteiger partial charge in [-0.1, -0.05) is 36.4 Å². The molecule has 2 amide bonds. The molecule has 2 atom stereocenters. The van der Waals surface area contributed by atoms with Crippen molar-refractivity contribution < 1.29 is 14.3 Å². The van der Waals surface area contributed by atoms with Gasteiger partial charge in [0.25, 0.3) is 0 Å². The summed E-state index contributed by atoms with van der Waals surface area (Å²) in [6.45, 7) is 1.96. The van der Waals surface area contributed by atoms with Gasteiger partial charge in [0.1, 0.15) is 5.75 Å². The van der Waals surface area contributed by atoms with E-state index in [1.165, 1.54) is 0 Å². The fraction of sp³-hybridized carbons (Fsp3) is 0.333. The number of hydrogen-bond donors (Lipinski definition) is 1. The van der Waals surface area contributed by atoms with Crippen molar-refractivity contribution in [3.63, 3.8) is 0 Å². The summed E-state index contributed by atoms with van der Waals surface area (Å²) in [6, 6.07) is 15.4. The van der Waals surface area contributed by atoms with E-state index in [0.717, 1.165) is 22.6 Å². The summed E-state index contributed by atoms with van der Waals surface area (Å²) in [7, 11) is 3.39. The molecule has 0 saturated heterocycles. The predicted molar refractivity (Wildman–Crippen MR) is 102 cm³/mol. The molecule has 136 valence electrons. The van der Waals surface area contributed by atoms with E-state index in [1.54, 1.807) is 19.1 Å². The highest BCUT2D eigenvalue weighted by Gasteiger charge is 2.36. The smallest absolute Gasteiger partial charge is 0.234 e. The van der Waals surface area contributed by atoms with Crippen LogP contribution in [0.4, 0.5) is 5.69 Å². The summed E-state index contributed by atoms with van der Waals surface area (Å²) in [5, 5.41) is 3.01. The number of benzene rings is 2. The minimum Gasteiger partial charge on any atom is -0.496 e. The topological polar surface area (TPSA) is 58.6 Å². The Morgan fingerprint density at radius 2 is 1.88 bits per heavy atom. The monoisotopic (exact) mass is 352 g/mol. The number of carbonyl (C=O) groups is 2. The van der Waals surface area contributed by atoms with Crippen LogP contribution in [0.1, 0.15) is 30.4 Å². The number of likely N-dealkylation sites (N-methyl/N-ethyl adjacent to an activating group) is 1. The van der Waals surface area contributed by atoms with Crippen molar-refractivity contribution in [1.29, 1.82) is 0 Å². The Hall–Kier alpha value is -2.82. The molecular weight excluding hydrogens is 328 g/mol. The lowest BCUT2D eigenvalue weighted by molar-refractivity contribution is -0.126. The quantitative estimate of drug-likeness (QED) is 0.870. The van der Waals surface area contributed by atoms with Gasteiger partial charge >= 0.3 is 0 Å². The molecule has 2 aromatic rings. The van der Waals surface area contributed by atoms with Crippen LogP contribution in [-0.2, 0) is 16.0 Å². The van der Waals surface area contributed by atoms with E-state index in [4.69, 9.17) is 4.74 Å². The molecule has 1 aliphatic rings. The maximum Gasteiger partial charge on any atom is 0.234 e. The van der Waals surface area contributed by atoms with Crippen molar-refractivity contribution in [2.24, 2.45) is 0 Å². The minimum absolute atomic E-state index is 0.0290. The van der Waals surface area contributed by atoms with Gasteiger partial charge in [-0.05, 0) is 36.6 Å². The zero-order valence-corrected chi connectivity index (χ0v) is 15.4. The van der Waals surface area contributed by atoms with Gasteiger partial charge < -0.3 is 15.0 Å². The summed E-state index contributed by atoms with van der Waals surface area (Å²) in [5.41, 5.74) is 2.86. The molecule has 0 aliphatic carbocycles. The number of rotatable bonds is 6. The summed E-state index contributed by atoms with van der Waals surface area (Å²) < 4.78 is 5.36. The first-order valence-corrected chi connectivity index (χ1v) is 8.79. The van der Waals surface area contributed by atoms with Crippen LogP contribution in [0.5, 0.6) is 5.75 Å². The zero-order valence-electron chi connectivity index (χ0n) is 15.4. The van der Waals surface area contributed by atoms with Crippen molar-refractivity contribution >= 4 is 17.5 Å². The van der Waals surface area contributed by atoms with Gasteiger partial charge in [0.2, 0.25) is 11.8 Å². The lowest BCUT2D eigenvalue weighted by Crippen LogP contribution is -2.36.